The summed E-state index contributed by atoms with van der Waals surface area (Å²) < 4.78 is 0. The lowest BCUT2D eigenvalue weighted by Gasteiger charge is -2.17. The number of nitrogens with one attached hydrogen (secondary N) is 1. The molecule has 0 saturated heterocycles. The Kier molecular flexibility index (Phi) is 5.27. The van der Waals surface area contributed by atoms with Crippen LogP contribution in [0.5, 0.6) is 0 Å². The van der Waals surface area contributed by atoms with E-state index in [1.54, 1.807) is 0 Å². The molecule has 3 heteroatoms. The van der Waals surface area contributed by atoms with Crippen LogP contribution in [0.3, 0.4) is 0 Å². The standard InChI is InChI=1S/C17H23N3/c1-3-14-8-9-16(19-12-14)11-17(20-18)10-15-7-5-4-6-13(15)2/h4-9,12,17,20H,3,10-11,18H2,1-2H3. The van der Waals surface area contributed by atoms with Gasteiger partial charge in [0.05, 0.1) is 0 Å². The van der Waals surface area contributed by atoms with Gasteiger partial charge in [-0.25, -0.2) is 0 Å². The Morgan fingerprint density at radius 3 is 2.55 bits per heavy atom. The van der Waals surface area contributed by atoms with Crippen LogP contribution in [-0.2, 0) is 19.3 Å². The molecule has 1 unspecified atom stereocenters. The molecule has 1 aromatic heterocycles. The van der Waals surface area contributed by atoms with E-state index in [0.717, 1.165) is 25.0 Å². The van der Waals surface area contributed by atoms with Crippen LogP contribution in [0.1, 0.15) is 29.3 Å². The Hall–Kier alpha value is -1.71. The van der Waals surface area contributed by atoms with Crippen LogP contribution in [0.15, 0.2) is 42.6 Å². The van der Waals surface area contributed by atoms with E-state index >= 15 is 0 Å². The Balaban J connectivity index is 2.03. The number of hydrogen-bond acceptors (Lipinski definition) is 3. The molecule has 3 N–H and O–H groups in total. The number of hydrogen-bond donors (Lipinski definition) is 2. The zero-order valence-corrected chi connectivity index (χ0v) is 12.3. The molecule has 1 atom stereocenters. The molecule has 20 heavy (non-hydrogen) atoms. The van der Waals surface area contributed by atoms with Crippen molar-refractivity contribution in [2.75, 3.05) is 0 Å². The van der Waals surface area contributed by atoms with Crippen molar-refractivity contribution >= 4 is 0 Å². The predicted molar refractivity (Wildman–Crippen MR) is 83.3 cm³/mol. The maximum atomic E-state index is 5.70. The van der Waals surface area contributed by atoms with Crippen LogP contribution in [0.4, 0.5) is 0 Å². The average molecular weight is 269 g/mol. The minimum atomic E-state index is 0.205. The van der Waals surface area contributed by atoms with Crippen molar-refractivity contribution in [2.24, 2.45) is 5.84 Å². The third-order valence-electron chi connectivity index (χ3n) is 3.71. The molecule has 2 rings (SSSR count). The van der Waals surface area contributed by atoms with Crippen molar-refractivity contribution in [3.63, 3.8) is 0 Å². The summed E-state index contributed by atoms with van der Waals surface area (Å²) in [4.78, 5) is 4.51. The topological polar surface area (TPSA) is 50.9 Å². The van der Waals surface area contributed by atoms with Crippen molar-refractivity contribution in [1.29, 1.82) is 0 Å². The van der Waals surface area contributed by atoms with E-state index < -0.39 is 0 Å². The van der Waals surface area contributed by atoms with E-state index in [-0.39, 0.29) is 6.04 Å². The lowest BCUT2D eigenvalue weighted by Crippen LogP contribution is -2.38. The van der Waals surface area contributed by atoms with Gasteiger partial charge in [0.25, 0.3) is 0 Å². The van der Waals surface area contributed by atoms with E-state index in [2.05, 4.69) is 60.7 Å². The minimum Gasteiger partial charge on any atom is -0.271 e. The number of nitrogens with zero attached hydrogens (tertiary/aromatic N) is 1. The predicted octanol–water partition coefficient (Wildman–Crippen LogP) is 2.57. The first-order valence-corrected chi connectivity index (χ1v) is 7.17. The molecule has 1 heterocycles. The van der Waals surface area contributed by atoms with Crippen LogP contribution < -0.4 is 11.3 Å². The fourth-order valence-corrected chi connectivity index (χ4v) is 2.33. The number of pyridine rings is 1. The molecule has 2 aromatic rings. The molecule has 106 valence electrons. The van der Waals surface area contributed by atoms with Gasteiger partial charge in [-0.1, -0.05) is 37.3 Å². The van der Waals surface area contributed by atoms with E-state index in [1.165, 1.54) is 16.7 Å². The number of aromatic nitrogens is 1. The van der Waals surface area contributed by atoms with Crippen LogP contribution in [0.25, 0.3) is 0 Å². The summed E-state index contributed by atoms with van der Waals surface area (Å²) >= 11 is 0. The van der Waals surface area contributed by atoms with Crippen molar-refractivity contribution in [3.8, 4) is 0 Å². The summed E-state index contributed by atoms with van der Waals surface area (Å²) in [6, 6.07) is 12.9. The fraction of sp³-hybridized carbons (Fsp3) is 0.353. The average Bonchev–Trinajstić information content (AvgIpc) is 2.49. The minimum absolute atomic E-state index is 0.205. The molecule has 1 aromatic carbocycles. The highest BCUT2D eigenvalue weighted by Crippen LogP contribution is 2.12. The maximum Gasteiger partial charge on any atom is 0.0419 e. The first kappa shape index (κ1) is 14.7. The second kappa shape index (κ2) is 7.17. The van der Waals surface area contributed by atoms with Crippen LogP contribution in [0.2, 0.25) is 0 Å². The molecule has 0 saturated carbocycles. The zero-order valence-electron chi connectivity index (χ0n) is 12.3. The van der Waals surface area contributed by atoms with E-state index in [0.29, 0.717) is 0 Å². The summed E-state index contributed by atoms with van der Waals surface area (Å²) in [5.41, 5.74) is 7.91. The number of nitrogens with two attached hydrogens (primary N) is 1. The second-order valence-electron chi connectivity index (χ2n) is 5.21. The Bertz CT molecular complexity index is 534. The third-order valence-corrected chi connectivity index (χ3v) is 3.71. The van der Waals surface area contributed by atoms with Gasteiger partial charge in [0.2, 0.25) is 0 Å². The summed E-state index contributed by atoms with van der Waals surface area (Å²) in [7, 11) is 0. The molecule has 0 aliphatic heterocycles. The third kappa shape index (κ3) is 3.89. The summed E-state index contributed by atoms with van der Waals surface area (Å²) in [5, 5.41) is 0. The highest BCUT2D eigenvalue weighted by atomic mass is 15.2. The smallest absolute Gasteiger partial charge is 0.0419 e. The van der Waals surface area contributed by atoms with E-state index in [9.17, 15) is 0 Å². The number of hydrazine groups is 1. The number of rotatable bonds is 6. The summed E-state index contributed by atoms with van der Waals surface area (Å²) in [6.45, 7) is 4.27. The molecule has 0 radical (unpaired) electrons. The van der Waals surface area contributed by atoms with Gasteiger partial charge < -0.3 is 0 Å². The molecule has 0 aliphatic rings. The normalized spacial score (nSPS) is 12.3. The van der Waals surface area contributed by atoms with Crippen LogP contribution >= 0.6 is 0 Å². The Labute approximate surface area is 121 Å². The van der Waals surface area contributed by atoms with E-state index in [1.807, 2.05) is 6.20 Å². The molecule has 0 bridgehead atoms. The molecular formula is C17H23N3. The molecular weight excluding hydrogens is 246 g/mol. The number of aryl methyl sites for hydroxylation is 2. The lowest BCUT2D eigenvalue weighted by atomic mass is 9.98. The van der Waals surface area contributed by atoms with Gasteiger partial charge in [-0.2, -0.15) is 0 Å². The molecule has 0 aliphatic carbocycles. The van der Waals surface area contributed by atoms with Gasteiger partial charge in [0.15, 0.2) is 0 Å². The molecule has 3 nitrogen and oxygen atoms in total. The van der Waals surface area contributed by atoms with E-state index in [4.69, 9.17) is 5.84 Å². The highest BCUT2D eigenvalue weighted by molar-refractivity contribution is 5.26. The zero-order chi connectivity index (χ0) is 14.4. The van der Waals surface area contributed by atoms with Gasteiger partial charge in [-0.15, -0.1) is 0 Å². The van der Waals surface area contributed by atoms with Gasteiger partial charge in [0, 0.05) is 24.4 Å². The van der Waals surface area contributed by atoms with Crippen molar-refractivity contribution in [1.82, 2.24) is 10.4 Å². The van der Waals surface area contributed by atoms with Gasteiger partial charge in [0.1, 0.15) is 0 Å². The molecule has 0 amide bonds. The van der Waals surface area contributed by atoms with Gasteiger partial charge in [-0.3, -0.25) is 16.3 Å². The molecule has 0 spiro atoms. The SMILES string of the molecule is CCc1ccc(CC(Cc2ccccc2C)NN)nc1. The Morgan fingerprint density at radius 2 is 1.95 bits per heavy atom. The first-order chi connectivity index (χ1) is 9.72. The van der Waals surface area contributed by atoms with Crippen LogP contribution in [0, 0.1) is 6.92 Å². The monoisotopic (exact) mass is 269 g/mol. The second-order valence-corrected chi connectivity index (χ2v) is 5.21. The summed E-state index contributed by atoms with van der Waals surface area (Å²) in [6.07, 6.45) is 4.74. The van der Waals surface area contributed by atoms with Crippen molar-refractivity contribution < 1.29 is 0 Å². The van der Waals surface area contributed by atoms with Crippen LogP contribution in [-0.4, -0.2) is 11.0 Å². The van der Waals surface area contributed by atoms with Crippen molar-refractivity contribution in [2.45, 2.75) is 39.2 Å². The number of benzene rings is 1. The first-order valence-electron chi connectivity index (χ1n) is 7.17. The largest absolute Gasteiger partial charge is 0.271 e. The molecule has 0 fully saturated rings. The van der Waals surface area contributed by atoms with Gasteiger partial charge >= 0.3 is 0 Å². The highest BCUT2D eigenvalue weighted by Gasteiger charge is 2.11. The summed E-state index contributed by atoms with van der Waals surface area (Å²) in [5.74, 6) is 5.70. The van der Waals surface area contributed by atoms with Crippen molar-refractivity contribution in [3.05, 3.63) is 65.0 Å². The maximum absolute atomic E-state index is 5.70. The lowest BCUT2D eigenvalue weighted by molar-refractivity contribution is 0.516. The fourth-order valence-electron chi connectivity index (χ4n) is 2.33. The quantitative estimate of drug-likeness (QED) is 0.626. The Morgan fingerprint density at radius 1 is 1.15 bits per heavy atom. The van der Waals surface area contributed by atoms with Gasteiger partial charge in [-0.05, 0) is 42.5 Å².